The van der Waals surface area contributed by atoms with Crippen LogP contribution in [0.5, 0.6) is 0 Å². The van der Waals surface area contributed by atoms with Gasteiger partial charge in [0, 0.05) is 0 Å². The smallest absolute Gasteiger partial charge is 0.171 e. The zero-order chi connectivity index (χ0) is 13.8. The summed E-state index contributed by atoms with van der Waals surface area (Å²) in [5.74, 6) is 0.396. The van der Waals surface area contributed by atoms with Crippen molar-refractivity contribution in [3.63, 3.8) is 0 Å². The van der Waals surface area contributed by atoms with Crippen molar-refractivity contribution in [2.75, 3.05) is 4.43 Å². The van der Waals surface area contributed by atoms with Gasteiger partial charge in [0.2, 0.25) is 0 Å². The predicted octanol–water partition coefficient (Wildman–Crippen LogP) is 5.84. The number of alkyl halides is 4. The molecule has 1 rings (SSSR count). The van der Waals surface area contributed by atoms with Gasteiger partial charge in [-0.1, -0.05) is 49.3 Å². The summed E-state index contributed by atoms with van der Waals surface area (Å²) in [6.07, 6.45) is 2.26. The lowest BCUT2D eigenvalue weighted by atomic mass is 9.73. The monoisotopic (exact) mass is 376 g/mol. The van der Waals surface area contributed by atoms with Crippen LogP contribution in [0.2, 0.25) is 0 Å². The molecule has 0 aromatic heterocycles. The van der Waals surface area contributed by atoms with E-state index >= 15 is 0 Å². The number of hydrogen-bond donors (Lipinski definition) is 0. The Morgan fingerprint density at radius 1 is 1.11 bits per heavy atom. The molecule has 0 N–H and O–H groups in total. The van der Waals surface area contributed by atoms with Gasteiger partial charge in [0.1, 0.15) is 0 Å². The van der Waals surface area contributed by atoms with Crippen LogP contribution < -0.4 is 0 Å². The van der Waals surface area contributed by atoms with E-state index < -0.39 is 12.1 Å². The van der Waals surface area contributed by atoms with E-state index in [1.807, 2.05) is 6.92 Å². The van der Waals surface area contributed by atoms with Crippen LogP contribution in [0.25, 0.3) is 0 Å². The third kappa shape index (κ3) is 5.25. The van der Waals surface area contributed by atoms with E-state index in [1.165, 1.54) is 30.6 Å². The Labute approximate surface area is 122 Å². The second kappa shape index (κ2) is 7.34. The first-order chi connectivity index (χ1) is 8.34. The number of hydrogen-bond acceptors (Lipinski definition) is 0. The van der Waals surface area contributed by atoms with Crippen LogP contribution in [0, 0.1) is 23.7 Å². The summed E-state index contributed by atoms with van der Waals surface area (Å²) in [6.45, 7) is 3.32. The highest BCUT2D eigenvalue weighted by molar-refractivity contribution is 14.1. The largest absolute Gasteiger partial charge is 0.391 e. The highest BCUT2D eigenvalue weighted by Gasteiger charge is 2.38. The molecule has 1 saturated carbocycles. The van der Waals surface area contributed by atoms with Crippen LogP contribution in [-0.2, 0) is 0 Å². The van der Waals surface area contributed by atoms with Crippen molar-refractivity contribution >= 4 is 22.6 Å². The average molecular weight is 376 g/mol. The molecular weight excluding hydrogens is 352 g/mol. The molecule has 108 valence electrons. The van der Waals surface area contributed by atoms with Crippen molar-refractivity contribution in [3.8, 4) is 0 Å². The molecule has 0 heterocycles. The predicted molar refractivity (Wildman–Crippen MR) is 78.0 cm³/mol. The van der Waals surface area contributed by atoms with E-state index in [1.54, 1.807) is 0 Å². The second-order valence-corrected chi connectivity index (χ2v) is 6.99. The Morgan fingerprint density at radius 3 is 2.11 bits per heavy atom. The SMILES string of the molecule is CC(C[C@@H](C)[C@H]1CC[C@@H](CCI)CC1)C(F)(F)F. The van der Waals surface area contributed by atoms with Gasteiger partial charge in [-0.15, -0.1) is 0 Å². The average Bonchev–Trinajstić information content (AvgIpc) is 2.29. The van der Waals surface area contributed by atoms with E-state index in [0.717, 1.165) is 18.8 Å². The van der Waals surface area contributed by atoms with Crippen molar-refractivity contribution in [2.45, 2.75) is 58.5 Å². The molecule has 0 aromatic rings. The van der Waals surface area contributed by atoms with E-state index in [-0.39, 0.29) is 5.92 Å². The van der Waals surface area contributed by atoms with Gasteiger partial charge < -0.3 is 0 Å². The summed E-state index contributed by atoms with van der Waals surface area (Å²) in [7, 11) is 0. The summed E-state index contributed by atoms with van der Waals surface area (Å²) in [5.41, 5.74) is 0. The van der Waals surface area contributed by atoms with Gasteiger partial charge in [-0.2, -0.15) is 13.2 Å². The minimum atomic E-state index is -4.02. The van der Waals surface area contributed by atoms with E-state index in [0.29, 0.717) is 12.3 Å². The quantitative estimate of drug-likeness (QED) is 0.418. The third-order valence-electron chi connectivity index (χ3n) is 4.50. The maximum atomic E-state index is 12.5. The third-order valence-corrected chi connectivity index (χ3v) is 5.12. The highest BCUT2D eigenvalue weighted by atomic mass is 127. The first-order valence-electron chi connectivity index (χ1n) is 6.97. The summed E-state index contributed by atoms with van der Waals surface area (Å²) in [4.78, 5) is 0. The zero-order valence-electron chi connectivity index (χ0n) is 11.3. The lowest BCUT2D eigenvalue weighted by molar-refractivity contribution is -0.174. The van der Waals surface area contributed by atoms with Crippen molar-refractivity contribution in [1.29, 1.82) is 0 Å². The molecule has 0 saturated heterocycles. The number of halogens is 4. The lowest BCUT2D eigenvalue weighted by Gasteiger charge is -2.33. The molecule has 0 bridgehead atoms. The van der Waals surface area contributed by atoms with Crippen molar-refractivity contribution < 1.29 is 13.2 Å². The van der Waals surface area contributed by atoms with Gasteiger partial charge in [0.05, 0.1) is 5.92 Å². The Bertz CT molecular complexity index is 232. The summed E-state index contributed by atoms with van der Waals surface area (Å²) in [5, 5.41) is 0. The summed E-state index contributed by atoms with van der Waals surface area (Å²) >= 11 is 2.41. The molecular formula is C14H24F3I. The summed E-state index contributed by atoms with van der Waals surface area (Å²) < 4.78 is 38.8. The Morgan fingerprint density at radius 2 is 1.67 bits per heavy atom. The van der Waals surface area contributed by atoms with Crippen molar-refractivity contribution in [2.24, 2.45) is 23.7 Å². The fourth-order valence-electron chi connectivity index (χ4n) is 3.08. The first kappa shape index (κ1) is 16.6. The lowest BCUT2D eigenvalue weighted by Crippen LogP contribution is -2.26. The maximum Gasteiger partial charge on any atom is 0.391 e. The molecule has 1 aliphatic carbocycles. The van der Waals surface area contributed by atoms with Crippen LogP contribution in [-0.4, -0.2) is 10.6 Å². The molecule has 0 radical (unpaired) electrons. The Hall–Kier alpha value is 0.520. The van der Waals surface area contributed by atoms with Gasteiger partial charge in [-0.3, -0.25) is 0 Å². The van der Waals surface area contributed by atoms with Gasteiger partial charge in [0.25, 0.3) is 0 Å². The molecule has 0 nitrogen and oxygen atoms in total. The van der Waals surface area contributed by atoms with E-state index in [2.05, 4.69) is 22.6 Å². The topological polar surface area (TPSA) is 0 Å². The van der Waals surface area contributed by atoms with Crippen LogP contribution in [0.1, 0.15) is 52.4 Å². The second-order valence-electron chi connectivity index (χ2n) is 5.91. The van der Waals surface area contributed by atoms with Crippen LogP contribution >= 0.6 is 22.6 Å². The van der Waals surface area contributed by atoms with Gasteiger partial charge in [-0.05, 0) is 47.9 Å². The van der Waals surface area contributed by atoms with Gasteiger partial charge in [0.15, 0.2) is 0 Å². The fourth-order valence-corrected chi connectivity index (χ4v) is 3.96. The van der Waals surface area contributed by atoms with Gasteiger partial charge >= 0.3 is 6.18 Å². The minimum absolute atomic E-state index is 0.210. The molecule has 1 fully saturated rings. The number of rotatable bonds is 5. The Kier molecular flexibility index (Phi) is 6.76. The van der Waals surface area contributed by atoms with E-state index in [9.17, 15) is 13.2 Å². The first-order valence-corrected chi connectivity index (χ1v) is 8.49. The highest BCUT2D eigenvalue weighted by Crippen LogP contribution is 2.39. The van der Waals surface area contributed by atoms with Gasteiger partial charge in [-0.25, -0.2) is 0 Å². The maximum absolute atomic E-state index is 12.5. The van der Waals surface area contributed by atoms with E-state index in [4.69, 9.17) is 0 Å². The normalized spacial score (nSPS) is 29.0. The minimum Gasteiger partial charge on any atom is -0.171 e. The molecule has 1 aliphatic rings. The standard InChI is InChI=1S/C14H24F3I/c1-10(9-11(2)14(15,16)17)13-5-3-12(4-6-13)7-8-18/h10-13H,3-9H2,1-2H3/t10-,11?,12-,13+/m1/s1. The zero-order valence-corrected chi connectivity index (χ0v) is 13.4. The molecule has 0 amide bonds. The Balaban J connectivity index is 2.34. The molecule has 0 spiro atoms. The van der Waals surface area contributed by atoms with Crippen molar-refractivity contribution in [1.82, 2.24) is 0 Å². The fraction of sp³-hybridized carbons (Fsp3) is 1.00. The molecule has 0 aliphatic heterocycles. The molecule has 2 atom stereocenters. The molecule has 18 heavy (non-hydrogen) atoms. The van der Waals surface area contributed by atoms with Crippen LogP contribution in [0.3, 0.4) is 0 Å². The van der Waals surface area contributed by atoms with Crippen LogP contribution in [0.4, 0.5) is 13.2 Å². The summed E-state index contributed by atoms with van der Waals surface area (Å²) in [6, 6.07) is 0. The van der Waals surface area contributed by atoms with Crippen LogP contribution in [0.15, 0.2) is 0 Å². The molecule has 4 heteroatoms. The molecule has 1 unspecified atom stereocenters. The van der Waals surface area contributed by atoms with Crippen molar-refractivity contribution in [3.05, 3.63) is 0 Å². The molecule has 0 aromatic carbocycles.